The number of hydrogen-bond acceptors (Lipinski definition) is 2. The lowest BCUT2D eigenvalue weighted by atomic mass is 10.1. The van der Waals surface area contributed by atoms with Crippen LogP contribution in [-0.2, 0) is 6.61 Å². The van der Waals surface area contributed by atoms with Crippen molar-refractivity contribution in [2.75, 3.05) is 0 Å². The van der Waals surface area contributed by atoms with Gasteiger partial charge in [0.2, 0.25) is 0 Å². The van der Waals surface area contributed by atoms with E-state index in [0.717, 1.165) is 5.56 Å². The summed E-state index contributed by atoms with van der Waals surface area (Å²) in [6.45, 7) is 2.48. The van der Waals surface area contributed by atoms with Gasteiger partial charge in [0, 0.05) is 10.3 Å². The maximum atomic E-state index is 13.5. The van der Waals surface area contributed by atoms with Crippen molar-refractivity contribution >= 4 is 21.4 Å². The molecule has 3 rings (SSSR count). The van der Waals surface area contributed by atoms with Crippen LogP contribution >= 0.6 is 11.3 Å². The van der Waals surface area contributed by atoms with Gasteiger partial charge in [0.1, 0.15) is 6.61 Å². The number of ether oxygens (including phenoxy) is 1. The van der Waals surface area contributed by atoms with Crippen LogP contribution in [0, 0.1) is 12.7 Å². The number of fused-ring (bicyclic) bond motifs is 1. The van der Waals surface area contributed by atoms with Gasteiger partial charge < -0.3 is 4.74 Å². The van der Waals surface area contributed by atoms with E-state index in [2.05, 4.69) is 18.4 Å². The summed E-state index contributed by atoms with van der Waals surface area (Å²) < 4.78 is 20.3. The maximum absolute atomic E-state index is 13.5. The molecule has 1 heterocycles. The molecular weight excluding hydrogens is 259 g/mol. The molecule has 3 aromatic rings. The average Bonchev–Trinajstić information content (AvgIpc) is 2.81. The van der Waals surface area contributed by atoms with Crippen molar-refractivity contribution in [3.8, 4) is 5.75 Å². The molecule has 0 bridgehead atoms. The number of benzene rings is 2. The van der Waals surface area contributed by atoms with E-state index < -0.39 is 0 Å². The molecule has 0 saturated carbocycles. The van der Waals surface area contributed by atoms with Gasteiger partial charge in [-0.15, -0.1) is 11.3 Å². The molecular formula is C16H13FOS. The summed E-state index contributed by atoms with van der Waals surface area (Å²) in [6, 6.07) is 12.6. The van der Waals surface area contributed by atoms with Crippen LogP contribution < -0.4 is 4.74 Å². The SMILES string of the molecule is Cc1csc2c(COc3ccccc3F)cccc12. The lowest BCUT2D eigenvalue weighted by molar-refractivity contribution is 0.292. The highest BCUT2D eigenvalue weighted by Crippen LogP contribution is 2.29. The fourth-order valence-corrected chi connectivity index (χ4v) is 3.13. The first-order valence-electron chi connectivity index (χ1n) is 6.09. The molecule has 3 heteroatoms. The molecule has 0 aliphatic carbocycles. The highest BCUT2D eigenvalue weighted by Gasteiger charge is 2.07. The number of aryl methyl sites for hydroxylation is 1. The lowest BCUT2D eigenvalue weighted by Crippen LogP contribution is -1.97. The Bertz CT molecular complexity index is 718. The third-order valence-electron chi connectivity index (χ3n) is 3.09. The monoisotopic (exact) mass is 272 g/mol. The van der Waals surface area contributed by atoms with E-state index in [1.54, 1.807) is 29.5 Å². The molecule has 1 aromatic heterocycles. The predicted octanol–water partition coefficient (Wildman–Crippen LogP) is 4.93. The first-order valence-corrected chi connectivity index (χ1v) is 6.96. The summed E-state index contributed by atoms with van der Waals surface area (Å²) in [5, 5.41) is 3.39. The second-order valence-electron chi connectivity index (χ2n) is 4.43. The van der Waals surface area contributed by atoms with E-state index in [1.165, 1.54) is 21.7 Å². The lowest BCUT2D eigenvalue weighted by Gasteiger charge is -2.08. The quantitative estimate of drug-likeness (QED) is 0.657. The molecule has 0 aliphatic rings. The summed E-state index contributed by atoms with van der Waals surface area (Å²) in [5.41, 5.74) is 2.37. The van der Waals surface area contributed by atoms with E-state index in [0.29, 0.717) is 12.4 Å². The Morgan fingerprint density at radius 1 is 1.11 bits per heavy atom. The van der Waals surface area contributed by atoms with Crippen molar-refractivity contribution in [2.24, 2.45) is 0 Å². The second-order valence-corrected chi connectivity index (χ2v) is 5.31. The minimum absolute atomic E-state index is 0.299. The molecule has 0 radical (unpaired) electrons. The first-order chi connectivity index (χ1) is 9.25. The zero-order valence-corrected chi connectivity index (χ0v) is 11.3. The Morgan fingerprint density at radius 2 is 1.95 bits per heavy atom. The fraction of sp³-hybridized carbons (Fsp3) is 0.125. The third-order valence-corrected chi connectivity index (χ3v) is 4.28. The zero-order chi connectivity index (χ0) is 13.2. The van der Waals surface area contributed by atoms with Crippen LogP contribution in [0.2, 0.25) is 0 Å². The largest absolute Gasteiger partial charge is 0.486 e. The van der Waals surface area contributed by atoms with Crippen molar-refractivity contribution in [1.82, 2.24) is 0 Å². The summed E-state index contributed by atoms with van der Waals surface area (Å²) in [6.07, 6.45) is 0. The number of rotatable bonds is 3. The van der Waals surface area contributed by atoms with Gasteiger partial charge in [-0.1, -0.05) is 30.3 Å². The highest BCUT2D eigenvalue weighted by atomic mass is 32.1. The number of halogens is 1. The van der Waals surface area contributed by atoms with Crippen molar-refractivity contribution in [3.05, 3.63) is 64.8 Å². The molecule has 2 aromatic carbocycles. The Kier molecular flexibility index (Phi) is 3.22. The highest BCUT2D eigenvalue weighted by molar-refractivity contribution is 7.17. The first kappa shape index (κ1) is 12.2. The summed E-state index contributed by atoms with van der Waals surface area (Å²) in [4.78, 5) is 0. The molecule has 1 nitrogen and oxygen atoms in total. The number of hydrogen-bond donors (Lipinski definition) is 0. The molecule has 0 saturated heterocycles. The van der Waals surface area contributed by atoms with Crippen LogP contribution in [0.3, 0.4) is 0 Å². The minimum atomic E-state index is -0.322. The molecule has 0 fully saturated rings. The van der Waals surface area contributed by atoms with Crippen LogP contribution in [0.15, 0.2) is 47.8 Å². The summed E-state index contributed by atoms with van der Waals surface area (Å²) >= 11 is 1.71. The molecule has 0 unspecified atom stereocenters. The number of para-hydroxylation sites is 1. The molecule has 0 atom stereocenters. The van der Waals surface area contributed by atoms with E-state index in [4.69, 9.17) is 4.74 Å². The van der Waals surface area contributed by atoms with Crippen molar-refractivity contribution in [3.63, 3.8) is 0 Å². The van der Waals surface area contributed by atoms with Crippen LogP contribution in [0.4, 0.5) is 4.39 Å². The Labute approximate surface area is 115 Å². The topological polar surface area (TPSA) is 9.23 Å². The van der Waals surface area contributed by atoms with Gasteiger partial charge in [-0.05, 0) is 35.4 Å². The van der Waals surface area contributed by atoms with E-state index in [1.807, 2.05) is 12.1 Å². The fourth-order valence-electron chi connectivity index (χ4n) is 2.08. The van der Waals surface area contributed by atoms with Crippen LogP contribution in [0.25, 0.3) is 10.1 Å². The van der Waals surface area contributed by atoms with Gasteiger partial charge in [-0.3, -0.25) is 0 Å². The van der Waals surface area contributed by atoms with E-state index in [-0.39, 0.29) is 5.82 Å². The molecule has 0 spiro atoms. The Hall–Kier alpha value is -1.87. The van der Waals surface area contributed by atoms with E-state index in [9.17, 15) is 4.39 Å². The normalized spacial score (nSPS) is 10.8. The van der Waals surface area contributed by atoms with E-state index >= 15 is 0 Å². The Balaban J connectivity index is 1.88. The van der Waals surface area contributed by atoms with Gasteiger partial charge in [0.15, 0.2) is 11.6 Å². The minimum Gasteiger partial charge on any atom is -0.486 e. The smallest absolute Gasteiger partial charge is 0.165 e. The predicted molar refractivity (Wildman–Crippen MR) is 77.3 cm³/mol. The third kappa shape index (κ3) is 2.34. The molecule has 0 aliphatic heterocycles. The molecule has 0 N–H and O–H groups in total. The summed E-state index contributed by atoms with van der Waals surface area (Å²) in [5.74, 6) is -0.0233. The molecule has 0 amide bonds. The number of thiophene rings is 1. The van der Waals surface area contributed by atoms with Gasteiger partial charge in [0.25, 0.3) is 0 Å². The second kappa shape index (κ2) is 5.02. The van der Waals surface area contributed by atoms with Gasteiger partial charge >= 0.3 is 0 Å². The molecule has 19 heavy (non-hydrogen) atoms. The van der Waals surface area contributed by atoms with Gasteiger partial charge in [-0.25, -0.2) is 4.39 Å². The van der Waals surface area contributed by atoms with Gasteiger partial charge in [-0.2, -0.15) is 0 Å². The summed E-state index contributed by atoms with van der Waals surface area (Å²) in [7, 11) is 0. The Morgan fingerprint density at radius 3 is 2.79 bits per heavy atom. The van der Waals surface area contributed by atoms with Crippen LogP contribution in [-0.4, -0.2) is 0 Å². The van der Waals surface area contributed by atoms with Crippen molar-refractivity contribution in [1.29, 1.82) is 0 Å². The standard InChI is InChI=1S/C16H13FOS/c1-11-10-19-16-12(5-4-6-13(11)16)9-18-15-8-3-2-7-14(15)17/h2-8,10H,9H2,1H3. The van der Waals surface area contributed by atoms with Crippen LogP contribution in [0.1, 0.15) is 11.1 Å². The van der Waals surface area contributed by atoms with Crippen LogP contribution in [0.5, 0.6) is 5.75 Å². The maximum Gasteiger partial charge on any atom is 0.165 e. The molecule has 96 valence electrons. The zero-order valence-electron chi connectivity index (χ0n) is 10.5. The van der Waals surface area contributed by atoms with Crippen molar-refractivity contribution < 1.29 is 9.13 Å². The average molecular weight is 272 g/mol. The van der Waals surface area contributed by atoms with Crippen molar-refractivity contribution in [2.45, 2.75) is 13.5 Å². The van der Waals surface area contributed by atoms with Gasteiger partial charge in [0.05, 0.1) is 0 Å².